The summed E-state index contributed by atoms with van der Waals surface area (Å²) in [7, 11) is -3.09. The van der Waals surface area contributed by atoms with Gasteiger partial charge in [-0.1, -0.05) is 17.7 Å². The van der Waals surface area contributed by atoms with E-state index in [9.17, 15) is 13.2 Å². The number of hydrogen-bond donors (Lipinski definition) is 0. The van der Waals surface area contributed by atoms with Gasteiger partial charge in [-0.3, -0.25) is 9.78 Å². The van der Waals surface area contributed by atoms with Gasteiger partial charge in [0.25, 0.3) is 5.91 Å². The van der Waals surface area contributed by atoms with Crippen LogP contribution in [0.4, 0.5) is 0 Å². The molecule has 0 aliphatic carbocycles. The fourth-order valence-electron chi connectivity index (χ4n) is 2.83. The molecule has 1 atom stereocenters. The van der Waals surface area contributed by atoms with Crippen molar-refractivity contribution in [2.45, 2.75) is 19.0 Å². The van der Waals surface area contributed by atoms with Crippen LogP contribution in [0.15, 0.2) is 48.8 Å². The van der Waals surface area contributed by atoms with Gasteiger partial charge in [-0.15, -0.1) is 0 Å². The van der Waals surface area contributed by atoms with Crippen LogP contribution in [0, 0.1) is 0 Å². The number of carbonyl (C=O) groups excluding carboxylic acids is 1. The minimum atomic E-state index is -3.09. The number of halogens is 1. The van der Waals surface area contributed by atoms with E-state index in [2.05, 4.69) is 4.98 Å². The summed E-state index contributed by atoms with van der Waals surface area (Å²) in [6.45, 7) is 0.329. The molecular formula is C17H17ClN2O3S. The average Bonchev–Trinajstić information content (AvgIpc) is 2.93. The molecule has 1 saturated heterocycles. The Kier molecular flexibility index (Phi) is 4.87. The normalized spacial score (nSPS) is 19.1. The molecule has 1 fully saturated rings. The Labute approximate surface area is 146 Å². The standard InChI is InChI=1S/C17H17ClN2O3S/c18-15-5-3-14(4-6-15)17(21)20(11-13-2-1-8-19-10-13)16-7-9-24(22,23)12-16/h1-6,8,10,16H,7,9,11-12H2. The maximum atomic E-state index is 12.9. The van der Waals surface area contributed by atoms with Gasteiger partial charge >= 0.3 is 0 Å². The number of benzene rings is 1. The van der Waals surface area contributed by atoms with Crippen molar-refractivity contribution in [2.24, 2.45) is 0 Å². The molecule has 0 radical (unpaired) electrons. The van der Waals surface area contributed by atoms with Crippen molar-refractivity contribution in [3.8, 4) is 0 Å². The van der Waals surface area contributed by atoms with Gasteiger partial charge in [0.15, 0.2) is 9.84 Å². The van der Waals surface area contributed by atoms with Crippen LogP contribution >= 0.6 is 11.6 Å². The molecule has 2 heterocycles. The van der Waals surface area contributed by atoms with E-state index in [0.717, 1.165) is 5.56 Å². The van der Waals surface area contributed by atoms with Crippen LogP contribution < -0.4 is 0 Å². The Morgan fingerprint density at radius 2 is 2.00 bits per heavy atom. The van der Waals surface area contributed by atoms with Crippen molar-refractivity contribution < 1.29 is 13.2 Å². The van der Waals surface area contributed by atoms with Crippen LogP contribution in [0.5, 0.6) is 0 Å². The minimum Gasteiger partial charge on any atom is -0.330 e. The number of aromatic nitrogens is 1. The second-order valence-corrected chi connectivity index (χ2v) is 8.52. The van der Waals surface area contributed by atoms with E-state index < -0.39 is 9.84 Å². The summed E-state index contributed by atoms with van der Waals surface area (Å²) in [5, 5.41) is 0.550. The molecule has 3 rings (SSSR count). The third-order valence-electron chi connectivity index (χ3n) is 4.08. The van der Waals surface area contributed by atoms with E-state index in [0.29, 0.717) is 23.6 Å². The lowest BCUT2D eigenvalue weighted by Gasteiger charge is -2.28. The highest BCUT2D eigenvalue weighted by Gasteiger charge is 2.35. The molecule has 1 amide bonds. The van der Waals surface area contributed by atoms with Crippen molar-refractivity contribution in [3.05, 3.63) is 64.9 Å². The van der Waals surface area contributed by atoms with Crippen LogP contribution in [0.3, 0.4) is 0 Å². The van der Waals surface area contributed by atoms with E-state index in [1.54, 1.807) is 47.6 Å². The highest BCUT2D eigenvalue weighted by atomic mass is 35.5. The average molecular weight is 365 g/mol. The number of sulfone groups is 1. The van der Waals surface area contributed by atoms with Gasteiger partial charge in [0.2, 0.25) is 0 Å². The number of amides is 1. The van der Waals surface area contributed by atoms with Gasteiger partial charge in [-0.05, 0) is 42.3 Å². The summed E-state index contributed by atoms with van der Waals surface area (Å²) >= 11 is 5.88. The number of nitrogens with zero attached hydrogens (tertiary/aromatic N) is 2. The molecular weight excluding hydrogens is 348 g/mol. The Bertz CT molecular complexity index is 823. The zero-order valence-electron chi connectivity index (χ0n) is 12.9. The first-order chi connectivity index (χ1) is 11.4. The van der Waals surface area contributed by atoms with Gasteiger partial charge in [-0.2, -0.15) is 0 Å². The van der Waals surface area contributed by atoms with E-state index in [1.165, 1.54) is 0 Å². The Morgan fingerprint density at radius 3 is 2.58 bits per heavy atom. The summed E-state index contributed by atoms with van der Waals surface area (Å²) in [6, 6.07) is 9.97. The van der Waals surface area contributed by atoms with Crippen molar-refractivity contribution in [1.29, 1.82) is 0 Å². The van der Waals surface area contributed by atoms with Crippen molar-refractivity contribution in [1.82, 2.24) is 9.88 Å². The molecule has 0 saturated carbocycles. The number of hydrogen-bond acceptors (Lipinski definition) is 4. The maximum absolute atomic E-state index is 12.9. The molecule has 24 heavy (non-hydrogen) atoms. The number of pyridine rings is 1. The summed E-state index contributed by atoms with van der Waals surface area (Å²) in [6.07, 6.45) is 3.81. The van der Waals surface area contributed by atoms with E-state index in [4.69, 9.17) is 11.6 Å². The van der Waals surface area contributed by atoms with Gasteiger partial charge in [0.05, 0.1) is 11.5 Å². The number of carbonyl (C=O) groups is 1. The lowest BCUT2D eigenvalue weighted by Crippen LogP contribution is -2.40. The van der Waals surface area contributed by atoms with E-state index in [1.807, 2.05) is 6.07 Å². The lowest BCUT2D eigenvalue weighted by molar-refractivity contribution is 0.0681. The minimum absolute atomic E-state index is 0.00654. The van der Waals surface area contributed by atoms with E-state index in [-0.39, 0.29) is 23.5 Å². The first-order valence-corrected chi connectivity index (χ1v) is 9.80. The third kappa shape index (κ3) is 3.94. The summed E-state index contributed by atoms with van der Waals surface area (Å²) < 4.78 is 23.7. The Hall–Kier alpha value is -1.92. The van der Waals surface area contributed by atoms with Crippen LogP contribution in [-0.4, -0.2) is 41.8 Å². The first-order valence-electron chi connectivity index (χ1n) is 7.60. The maximum Gasteiger partial charge on any atom is 0.254 e. The molecule has 0 bridgehead atoms. The van der Waals surface area contributed by atoms with Crippen molar-refractivity contribution >= 4 is 27.3 Å². The Morgan fingerprint density at radius 1 is 1.25 bits per heavy atom. The van der Waals surface area contributed by atoms with Crippen LogP contribution in [0.25, 0.3) is 0 Å². The van der Waals surface area contributed by atoms with Gasteiger partial charge in [-0.25, -0.2) is 8.42 Å². The lowest BCUT2D eigenvalue weighted by atomic mass is 10.1. The highest BCUT2D eigenvalue weighted by molar-refractivity contribution is 7.91. The predicted molar refractivity (Wildman–Crippen MR) is 92.6 cm³/mol. The molecule has 126 valence electrons. The first kappa shape index (κ1) is 16.9. The molecule has 0 spiro atoms. The van der Waals surface area contributed by atoms with Crippen LogP contribution in [0.1, 0.15) is 22.3 Å². The summed E-state index contributed by atoms with van der Waals surface area (Å²) in [5.74, 6) is -0.0700. The fraction of sp³-hybridized carbons (Fsp3) is 0.294. The quantitative estimate of drug-likeness (QED) is 0.836. The smallest absolute Gasteiger partial charge is 0.254 e. The van der Waals surface area contributed by atoms with Gasteiger partial charge < -0.3 is 4.90 Å². The van der Waals surface area contributed by atoms with E-state index >= 15 is 0 Å². The molecule has 1 aromatic heterocycles. The molecule has 2 aromatic rings. The van der Waals surface area contributed by atoms with Gasteiger partial charge in [0, 0.05) is 35.6 Å². The molecule has 5 nitrogen and oxygen atoms in total. The van der Waals surface area contributed by atoms with Crippen LogP contribution in [-0.2, 0) is 16.4 Å². The molecule has 7 heteroatoms. The molecule has 1 aliphatic heterocycles. The molecule has 1 unspecified atom stereocenters. The zero-order valence-corrected chi connectivity index (χ0v) is 14.5. The van der Waals surface area contributed by atoms with Crippen molar-refractivity contribution in [2.75, 3.05) is 11.5 Å². The molecule has 0 N–H and O–H groups in total. The van der Waals surface area contributed by atoms with Gasteiger partial charge in [0.1, 0.15) is 0 Å². The third-order valence-corrected chi connectivity index (χ3v) is 6.08. The Balaban J connectivity index is 1.89. The summed E-state index contributed by atoms with van der Waals surface area (Å²) in [4.78, 5) is 18.6. The monoisotopic (exact) mass is 364 g/mol. The predicted octanol–water partition coefficient (Wildman–Crippen LogP) is 2.56. The number of rotatable bonds is 4. The summed E-state index contributed by atoms with van der Waals surface area (Å²) in [5.41, 5.74) is 1.36. The van der Waals surface area contributed by atoms with Crippen molar-refractivity contribution in [3.63, 3.8) is 0 Å². The second-order valence-electron chi connectivity index (χ2n) is 5.86. The topological polar surface area (TPSA) is 67.3 Å². The second kappa shape index (κ2) is 6.91. The zero-order chi connectivity index (χ0) is 17.2. The van der Waals surface area contributed by atoms with Crippen LogP contribution in [0.2, 0.25) is 5.02 Å². The SMILES string of the molecule is O=C(c1ccc(Cl)cc1)N(Cc1cccnc1)C1CCS(=O)(=O)C1. The molecule has 1 aromatic carbocycles. The molecule has 1 aliphatic rings. The largest absolute Gasteiger partial charge is 0.330 e. The fourth-order valence-corrected chi connectivity index (χ4v) is 4.69. The highest BCUT2D eigenvalue weighted by Crippen LogP contribution is 2.22.